The Labute approximate surface area is 230 Å². The molecule has 0 bridgehead atoms. The van der Waals surface area contributed by atoms with Crippen LogP contribution in [0.3, 0.4) is 0 Å². The van der Waals surface area contributed by atoms with E-state index in [1.54, 1.807) is 48.3 Å². The van der Waals surface area contributed by atoms with Crippen molar-refractivity contribution in [3.8, 4) is 11.5 Å². The summed E-state index contributed by atoms with van der Waals surface area (Å²) in [6.45, 7) is 2.00. The van der Waals surface area contributed by atoms with Crippen LogP contribution >= 0.6 is 11.6 Å². The van der Waals surface area contributed by atoms with Crippen LogP contribution in [-0.2, 0) is 16.0 Å². The Hall–Kier alpha value is -4.31. The fourth-order valence-electron chi connectivity index (χ4n) is 3.52. The predicted octanol–water partition coefficient (Wildman–Crippen LogP) is 5.39. The fraction of sp³-hybridized carbons (Fsp3) is 0.250. The van der Waals surface area contributed by atoms with Crippen molar-refractivity contribution in [3.05, 3.63) is 82.6 Å². The Bertz CT molecular complexity index is 1350. The molecule has 1 atom stereocenters. The summed E-state index contributed by atoms with van der Waals surface area (Å²) in [5.41, 5.74) is 1.36. The quantitative estimate of drug-likeness (QED) is 0.324. The minimum absolute atomic E-state index is 0.0396. The van der Waals surface area contributed by atoms with E-state index in [1.807, 2.05) is 6.92 Å². The van der Waals surface area contributed by atoms with Crippen molar-refractivity contribution in [2.24, 2.45) is 0 Å². The summed E-state index contributed by atoms with van der Waals surface area (Å²) in [5, 5.41) is 5.31. The first-order valence-corrected chi connectivity index (χ1v) is 12.3. The predicted molar refractivity (Wildman–Crippen MR) is 146 cm³/mol. The zero-order valence-corrected chi connectivity index (χ0v) is 22.7. The second-order valence-electron chi connectivity index (χ2n) is 8.57. The summed E-state index contributed by atoms with van der Waals surface area (Å²) in [7, 11) is 4.39. The molecule has 9 nitrogen and oxygen atoms in total. The number of para-hydroxylation sites is 1. The molecule has 3 amide bonds. The normalized spacial score (nSPS) is 11.2. The van der Waals surface area contributed by atoms with Crippen LogP contribution < -0.4 is 20.1 Å². The van der Waals surface area contributed by atoms with Crippen molar-refractivity contribution in [2.45, 2.75) is 19.4 Å². The molecule has 0 spiro atoms. The molecule has 0 aliphatic heterocycles. The lowest BCUT2D eigenvalue weighted by molar-refractivity contribution is -0.131. The van der Waals surface area contributed by atoms with Crippen LogP contribution in [0, 0.1) is 5.82 Å². The number of halogens is 2. The highest BCUT2D eigenvalue weighted by molar-refractivity contribution is 6.32. The molecule has 0 saturated heterocycles. The number of methoxy groups -OCH3 is 2. The van der Waals surface area contributed by atoms with Gasteiger partial charge in [0.05, 0.1) is 48.6 Å². The number of hydrogen-bond donors (Lipinski definition) is 2. The van der Waals surface area contributed by atoms with E-state index in [2.05, 4.69) is 15.4 Å². The zero-order valence-electron chi connectivity index (χ0n) is 21.9. The number of benzene rings is 3. The number of nitrogens with one attached hydrogen (secondary N) is 2. The minimum Gasteiger partial charge on any atom is -0.495 e. The lowest BCUT2D eigenvalue weighted by atomic mass is 10.1. The first-order chi connectivity index (χ1) is 18.6. The molecular weight excluding hydrogens is 529 g/mol. The van der Waals surface area contributed by atoms with Gasteiger partial charge in [0.2, 0.25) is 5.91 Å². The average Bonchev–Trinajstić information content (AvgIpc) is 2.93. The minimum atomic E-state index is -0.643. The maximum absolute atomic E-state index is 13.8. The Kier molecular flexibility index (Phi) is 10.1. The zero-order chi connectivity index (χ0) is 28.5. The lowest BCUT2D eigenvalue weighted by Crippen LogP contribution is -2.39. The molecule has 39 heavy (non-hydrogen) atoms. The van der Waals surface area contributed by atoms with Gasteiger partial charge in [-0.05, 0) is 55.0 Å². The molecule has 0 fully saturated rings. The second kappa shape index (κ2) is 13.5. The Morgan fingerprint density at radius 1 is 0.974 bits per heavy atom. The average molecular weight is 558 g/mol. The number of likely N-dealkylation sites (N-methyl/N-ethyl adjacent to an activating group) is 1. The van der Waals surface area contributed by atoms with E-state index in [1.165, 1.54) is 38.5 Å². The molecule has 3 aromatic carbocycles. The molecule has 0 radical (unpaired) electrons. The van der Waals surface area contributed by atoms with E-state index in [4.69, 9.17) is 21.1 Å². The highest BCUT2D eigenvalue weighted by Gasteiger charge is 2.19. The first kappa shape index (κ1) is 29.2. The summed E-state index contributed by atoms with van der Waals surface area (Å²) >= 11 is 6.21. The maximum Gasteiger partial charge on any atom is 0.337 e. The molecule has 0 aliphatic carbocycles. The Balaban J connectivity index is 1.57. The maximum atomic E-state index is 13.8. The van der Waals surface area contributed by atoms with E-state index in [0.717, 1.165) is 0 Å². The third-order valence-corrected chi connectivity index (χ3v) is 6.17. The molecule has 0 aromatic heterocycles. The molecule has 3 rings (SSSR count). The third kappa shape index (κ3) is 7.84. The van der Waals surface area contributed by atoms with Crippen molar-refractivity contribution in [3.63, 3.8) is 0 Å². The molecule has 206 valence electrons. The van der Waals surface area contributed by atoms with E-state index in [9.17, 15) is 18.8 Å². The summed E-state index contributed by atoms with van der Waals surface area (Å²) in [6.07, 6.45) is 0.0769. The van der Waals surface area contributed by atoms with Gasteiger partial charge in [-0.15, -0.1) is 0 Å². The molecule has 2 N–H and O–H groups in total. The van der Waals surface area contributed by atoms with Gasteiger partial charge >= 0.3 is 12.0 Å². The van der Waals surface area contributed by atoms with Gasteiger partial charge in [-0.2, -0.15) is 0 Å². The fourth-order valence-corrected chi connectivity index (χ4v) is 3.75. The number of anilines is 2. The summed E-state index contributed by atoms with van der Waals surface area (Å²) < 4.78 is 29.6. The van der Waals surface area contributed by atoms with Crippen LogP contribution in [0.2, 0.25) is 5.02 Å². The number of rotatable bonds is 10. The van der Waals surface area contributed by atoms with Gasteiger partial charge in [-0.3, -0.25) is 4.79 Å². The van der Waals surface area contributed by atoms with Gasteiger partial charge in [0.25, 0.3) is 0 Å². The van der Waals surface area contributed by atoms with E-state index in [0.29, 0.717) is 28.3 Å². The van der Waals surface area contributed by atoms with Crippen LogP contribution in [0.4, 0.5) is 20.6 Å². The van der Waals surface area contributed by atoms with Crippen molar-refractivity contribution in [1.29, 1.82) is 0 Å². The number of nitrogens with zero attached hydrogens (tertiary/aromatic N) is 1. The summed E-state index contributed by atoms with van der Waals surface area (Å²) in [6, 6.07) is 14.4. The standard InChI is InChI=1S/C28H29ClFN3O6/c1-17(16-39-24-12-10-19(15-20(24)29)27(35)38-4)33(2)26(34)14-18-9-11-23(25(13-18)37-3)32-28(36)31-22-8-6-5-7-21(22)30/h5-13,15,17H,14,16H2,1-4H3,(H2,31,32,36)/t17-/m0/s1. The van der Waals surface area contributed by atoms with Crippen molar-refractivity contribution in [1.82, 2.24) is 4.90 Å². The number of esters is 1. The van der Waals surface area contributed by atoms with Gasteiger partial charge in [0, 0.05) is 7.05 Å². The number of urea groups is 1. The Morgan fingerprint density at radius 2 is 1.69 bits per heavy atom. The largest absolute Gasteiger partial charge is 0.495 e. The highest BCUT2D eigenvalue weighted by atomic mass is 35.5. The van der Waals surface area contributed by atoms with Crippen LogP contribution in [0.1, 0.15) is 22.8 Å². The van der Waals surface area contributed by atoms with Crippen molar-refractivity contribution in [2.75, 3.05) is 38.5 Å². The number of hydrogen-bond acceptors (Lipinski definition) is 6. The monoisotopic (exact) mass is 557 g/mol. The second-order valence-corrected chi connectivity index (χ2v) is 8.98. The third-order valence-electron chi connectivity index (χ3n) is 5.88. The van der Waals surface area contributed by atoms with Gasteiger partial charge in [0.15, 0.2) is 0 Å². The van der Waals surface area contributed by atoms with Crippen molar-refractivity contribution >= 4 is 40.9 Å². The van der Waals surface area contributed by atoms with Crippen LogP contribution in [-0.4, -0.2) is 56.7 Å². The van der Waals surface area contributed by atoms with Crippen molar-refractivity contribution < 1.29 is 33.0 Å². The number of amides is 3. The number of ether oxygens (including phenoxy) is 3. The number of carbonyl (C=O) groups excluding carboxylic acids is 3. The molecular formula is C28H29ClFN3O6. The Morgan fingerprint density at radius 3 is 2.36 bits per heavy atom. The highest BCUT2D eigenvalue weighted by Crippen LogP contribution is 2.28. The van der Waals surface area contributed by atoms with E-state index >= 15 is 0 Å². The number of carbonyl (C=O) groups is 3. The van der Waals surface area contributed by atoms with E-state index < -0.39 is 17.8 Å². The molecule has 11 heteroatoms. The van der Waals surface area contributed by atoms with Crippen LogP contribution in [0.5, 0.6) is 11.5 Å². The van der Waals surface area contributed by atoms with Gasteiger partial charge in [-0.25, -0.2) is 14.0 Å². The van der Waals surface area contributed by atoms with E-state index in [-0.39, 0.29) is 35.7 Å². The molecule has 0 heterocycles. The summed E-state index contributed by atoms with van der Waals surface area (Å²) in [4.78, 5) is 38.4. The molecule has 0 saturated carbocycles. The first-order valence-electron chi connectivity index (χ1n) is 11.9. The van der Waals surface area contributed by atoms with Crippen LogP contribution in [0.15, 0.2) is 60.7 Å². The topological polar surface area (TPSA) is 106 Å². The summed E-state index contributed by atoms with van der Waals surface area (Å²) in [5.74, 6) is -0.513. The van der Waals surface area contributed by atoms with Gasteiger partial charge in [0.1, 0.15) is 23.9 Å². The van der Waals surface area contributed by atoms with Gasteiger partial charge in [-0.1, -0.05) is 29.8 Å². The smallest absolute Gasteiger partial charge is 0.337 e. The SMILES string of the molecule is COC(=O)c1ccc(OC[C@H](C)N(C)C(=O)Cc2ccc(NC(=O)Nc3ccccc3F)c(OC)c2)c(Cl)c1. The molecule has 3 aromatic rings. The lowest BCUT2D eigenvalue weighted by Gasteiger charge is -2.25. The molecule has 0 aliphatic rings. The van der Waals surface area contributed by atoms with Crippen LogP contribution in [0.25, 0.3) is 0 Å². The van der Waals surface area contributed by atoms with Gasteiger partial charge < -0.3 is 29.7 Å². The molecule has 0 unspecified atom stereocenters.